The molecule has 1 rings (SSSR count). The van der Waals surface area contributed by atoms with Gasteiger partial charge in [0.1, 0.15) is 0 Å². The highest BCUT2D eigenvalue weighted by Gasteiger charge is 2.22. The zero-order valence-electron chi connectivity index (χ0n) is 28.6. The van der Waals surface area contributed by atoms with E-state index in [4.69, 9.17) is 0 Å². The van der Waals surface area contributed by atoms with Crippen molar-refractivity contribution in [1.29, 1.82) is 0 Å². The molecule has 1 heterocycles. The molecule has 0 radical (unpaired) electrons. The van der Waals surface area contributed by atoms with Crippen molar-refractivity contribution in [2.24, 2.45) is 0 Å². The third-order valence-electron chi connectivity index (χ3n) is 9.14. The maximum absolute atomic E-state index is 13.3. The Morgan fingerprint density at radius 3 is 1.26 bits per heavy atom. The second kappa shape index (κ2) is 28.6. The van der Waals surface area contributed by atoms with Crippen molar-refractivity contribution in [3.8, 4) is 0 Å². The zero-order valence-corrected chi connectivity index (χ0v) is 28.6. The second-order valence-electron chi connectivity index (χ2n) is 13.0. The van der Waals surface area contributed by atoms with Crippen LogP contribution in [0.1, 0.15) is 156 Å². The Morgan fingerprint density at radius 2 is 0.857 bits per heavy atom. The maximum atomic E-state index is 13.3. The Bertz CT molecular complexity index is 591. The maximum Gasteiger partial charge on any atom is 0.236 e. The molecule has 1 aliphatic rings. The lowest BCUT2D eigenvalue weighted by atomic mass is 10.1. The van der Waals surface area contributed by atoms with E-state index in [0.29, 0.717) is 32.7 Å². The van der Waals surface area contributed by atoms with Gasteiger partial charge in [-0.2, -0.15) is 0 Å². The molecule has 0 atom stereocenters. The number of carbonyl (C=O) groups excluding carboxylic acids is 2. The van der Waals surface area contributed by atoms with Crippen molar-refractivity contribution < 1.29 is 9.59 Å². The topological polar surface area (TPSA) is 47.1 Å². The van der Waals surface area contributed by atoms with E-state index in [-0.39, 0.29) is 5.91 Å². The minimum absolute atomic E-state index is 0.245. The second-order valence-corrected chi connectivity index (χ2v) is 13.0. The molecule has 2 amide bonds. The predicted molar refractivity (Wildman–Crippen MR) is 181 cm³/mol. The molecule has 0 saturated carbocycles. The number of hydrogen-bond acceptors (Lipinski definition) is 4. The molecule has 248 valence electrons. The fourth-order valence-corrected chi connectivity index (χ4v) is 6.13. The molecule has 6 nitrogen and oxygen atoms in total. The Morgan fingerprint density at radius 1 is 0.500 bits per heavy atom. The lowest BCUT2D eigenvalue weighted by Crippen LogP contribution is -2.51. The third kappa shape index (κ3) is 21.5. The summed E-state index contributed by atoms with van der Waals surface area (Å²) in [5, 5.41) is 0. The van der Waals surface area contributed by atoms with E-state index >= 15 is 0 Å². The molecule has 1 fully saturated rings. The van der Waals surface area contributed by atoms with Crippen molar-refractivity contribution in [2.45, 2.75) is 156 Å². The van der Waals surface area contributed by atoms with Crippen LogP contribution in [-0.2, 0) is 9.59 Å². The van der Waals surface area contributed by atoms with Gasteiger partial charge in [0.2, 0.25) is 12.3 Å². The number of carbonyl (C=O) groups is 2. The summed E-state index contributed by atoms with van der Waals surface area (Å²) in [6, 6.07) is 0. The van der Waals surface area contributed by atoms with Crippen molar-refractivity contribution in [2.75, 3.05) is 65.4 Å². The van der Waals surface area contributed by atoms with Gasteiger partial charge in [-0.05, 0) is 38.9 Å². The summed E-state index contributed by atoms with van der Waals surface area (Å²) in [4.78, 5) is 33.3. The van der Waals surface area contributed by atoms with E-state index in [2.05, 4.69) is 30.6 Å². The van der Waals surface area contributed by atoms with E-state index in [0.717, 1.165) is 26.0 Å². The molecule has 0 aromatic carbocycles. The van der Waals surface area contributed by atoms with E-state index in [9.17, 15) is 9.59 Å². The molecule has 0 aromatic heterocycles. The van der Waals surface area contributed by atoms with E-state index in [1.54, 1.807) is 4.90 Å². The van der Waals surface area contributed by atoms with Crippen LogP contribution in [0.4, 0.5) is 0 Å². The van der Waals surface area contributed by atoms with Gasteiger partial charge in [0.25, 0.3) is 0 Å². The van der Waals surface area contributed by atoms with Gasteiger partial charge < -0.3 is 14.7 Å². The number of unbranched alkanes of at least 4 members (excludes halogenated alkanes) is 18. The van der Waals surface area contributed by atoms with Gasteiger partial charge >= 0.3 is 0 Å². The van der Waals surface area contributed by atoms with Crippen molar-refractivity contribution in [3.63, 3.8) is 0 Å². The van der Waals surface area contributed by atoms with Gasteiger partial charge in [-0.1, -0.05) is 136 Å². The third-order valence-corrected chi connectivity index (χ3v) is 9.14. The summed E-state index contributed by atoms with van der Waals surface area (Å²) in [6.07, 6.45) is 29.1. The minimum atomic E-state index is 0.245. The summed E-state index contributed by atoms with van der Waals surface area (Å²) in [6.45, 7) is 15.6. The Kier molecular flexibility index (Phi) is 26.5. The van der Waals surface area contributed by atoms with Crippen LogP contribution < -0.4 is 0 Å². The molecule has 0 bridgehead atoms. The Labute approximate surface area is 262 Å². The fraction of sp³-hybridized carbons (Fsp3) is 0.944. The lowest BCUT2D eigenvalue weighted by molar-refractivity contribution is -0.136. The van der Waals surface area contributed by atoms with Crippen LogP contribution in [0, 0.1) is 0 Å². The Balaban J connectivity index is 2.59. The van der Waals surface area contributed by atoms with Crippen LogP contribution in [0.5, 0.6) is 0 Å². The summed E-state index contributed by atoms with van der Waals surface area (Å²) < 4.78 is 0. The van der Waals surface area contributed by atoms with Crippen LogP contribution >= 0.6 is 0 Å². The summed E-state index contributed by atoms with van der Waals surface area (Å²) in [5.74, 6) is 0.245. The van der Waals surface area contributed by atoms with Crippen molar-refractivity contribution in [1.82, 2.24) is 19.6 Å². The number of amides is 2. The fourth-order valence-electron chi connectivity index (χ4n) is 6.13. The van der Waals surface area contributed by atoms with Crippen LogP contribution in [-0.4, -0.2) is 97.4 Å². The molecule has 0 aliphatic carbocycles. The monoisotopic (exact) mass is 593 g/mol. The molecule has 6 heteroatoms. The Hall–Kier alpha value is -1.14. The van der Waals surface area contributed by atoms with Crippen LogP contribution in [0.15, 0.2) is 0 Å². The van der Waals surface area contributed by atoms with Gasteiger partial charge in [0.15, 0.2) is 0 Å². The summed E-state index contributed by atoms with van der Waals surface area (Å²) in [5.41, 5.74) is 0. The van der Waals surface area contributed by atoms with Gasteiger partial charge in [-0.15, -0.1) is 0 Å². The first kappa shape index (κ1) is 38.9. The molecule has 0 aromatic rings. The number of hydrogen-bond donors (Lipinski definition) is 0. The van der Waals surface area contributed by atoms with E-state index in [1.807, 2.05) is 4.90 Å². The zero-order chi connectivity index (χ0) is 30.5. The van der Waals surface area contributed by atoms with Crippen LogP contribution in [0.25, 0.3) is 0 Å². The number of piperazine rings is 1. The molecule has 42 heavy (non-hydrogen) atoms. The normalized spacial score (nSPS) is 13.9. The highest BCUT2D eigenvalue weighted by Crippen LogP contribution is 2.12. The van der Waals surface area contributed by atoms with E-state index in [1.165, 1.54) is 148 Å². The smallest absolute Gasteiger partial charge is 0.236 e. The molecule has 0 unspecified atom stereocenters. The van der Waals surface area contributed by atoms with Crippen molar-refractivity contribution >= 4 is 12.3 Å². The first-order valence-corrected chi connectivity index (χ1v) is 18.6. The minimum Gasteiger partial charge on any atom is -0.342 e. The summed E-state index contributed by atoms with van der Waals surface area (Å²) in [7, 11) is 0. The first-order chi connectivity index (χ1) is 20.6. The van der Waals surface area contributed by atoms with Gasteiger partial charge in [-0.25, -0.2) is 0 Å². The van der Waals surface area contributed by atoms with E-state index < -0.39 is 0 Å². The first-order valence-electron chi connectivity index (χ1n) is 18.6. The predicted octanol–water partition coefficient (Wildman–Crippen LogP) is 8.14. The molecule has 0 N–H and O–H groups in total. The molecular weight excluding hydrogens is 520 g/mol. The summed E-state index contributed by atoms with van der Waals surface area (Å²) >= 11 is 0. The van der Waals surface area contributed by atoms with Gasteiger partial charge in [0.05, 0.1) is 6.54 Å². The van der Waals surface area contributed by atoms with Gasteiger partial charge in [0, 0.05) is 39.3 Å². The quantitative estimate of drug-likeness (QED) is 0.0624. The highest BCUT2D eigenvalue weighted by atomic mass is 16.2. The standard InChI is InChI=1S/C36H72N4O2/c1-4-7-10-13-16-19-22-25-37(26-23-20-17-14-11-8-5-2)28-29-38(27-24-21-18-15-12-9-6-3)34-36(42)40-32-30-39(35-41)31-33-40/h35H,4-34H2,1-3H3. The van der Waals surface area contributed by atoms with Gasteiger partial charge in [-0.3, -0.25) is 14.5 Å². The lowest BCUT2D eigenvalue weighted by Gasteiger charge is -2.34. The largest absolute Gasteiger partial charge is 0.342 e. The molecule has 1 saturated heterocycles. The highest BCUT2D eigenvalue weighted by molar-refractivity contribution is 5.78. The molecule has 0 spiro atoms. The molecule has 1 aliphatic heterocycles. The number of nitrogens with zero attached hydrogens (tertiary/aromatic N) is 4. The average Bonchev–Trinajstić information content (AvgIpc) is 3.01. The van der Waals surface area contributed by atoms with Crippen molar-refractivity contribution in [3.05, 3.63) is 0 Å². The SMILES string of the molecule is CCCCCCCCCN(CCCCCCCCC)CCN(CCCCCCCCC)CC(=O)N1CCN(C=O)CC1. The van der Waals surface area contributed by atoms with Crippen LogP contribution in [0.3, 0.4) is 0 Å². The average molecular weight is 593 g/mol. The molecular formula is C36H72N4O2. The van der Waals surface area contributed by atoms with Crippen LogP contribution in [0.2, 0.25) is 0 Å². The number of rotatable bonds is 30.